The summed E-state index contributed by atoms with van der Waals surface area (Å²) in [5.41, 5.74) is 0.512. The van der Waals surface area contributed by atoms with Crippen molar-refractivity contribution >= 4 is 22.8 Å². The van der Waals surface area contributed by atoms with E-state index in [1.165, 1.54) is 0 Å². The Morgan fingerprint density at radius 2 is 2.27 bits per heavy atom. The van der Waals surface area contributed by atoms with Crippen LogP contribution in [0.15, 0.2) is 29.1 Å². The van der Waals surface area contributed by atoms with Gasteiger partial charge in [0.2, 0.25) is 5.95 Å². The molecule has 0 saturated carbocycles. The molecule has 1 aliphatic heterocycles. The van der Waals surface area contributed by atoms with Crippen molar-refractivity contribution in [3.63, 3.8) is 0 Å². The van der Waals surface area contributed by atoms with Gasteiger partial charge in [0.15, 0.2) is 0 Å². The molecule has 116 valence electrons. The molecule has 0 bridgehead atoms. The number of rotatable bonds is 3. The molecule has 22 heavy (non-hydrogen) atoms. The van der Waals surface area contributed by atoms with E-state index < -0.39 is 0 Å². The lowest BCUT2D eigenvalue weighted by Crippen LogP contribution is -2.40. The van der Waals surface area contributed by atoms with Crippen LogP contribution in [0.3, 0.4) is 0 Å². The molecule has 0 amide bonds. The van der Waals surface area contributed by atoms with Crippen LogP contribution in [0.25, 0.3) is 10.9 Å². The fourth-order valence-corrected chi connectivity index (χ4v) is 2.85. The lowest BCUT2D eigenvalue weighted by molar-refractivity contribution is -0.148. The Labute approximate surface area is 128 Å². The van der Waals surface area contributed by atoms with E-state index in [1.807, 2.05) is 23.1 Å². The minimum absolute atomic E-state index is 0.154. The van der Waals surface area contributed by atoms with Crippen LogP contribution in [0, 0.1) is 5.92 Å². The zero-order valence-electron chi connectivity index (χ0n) is 12.5. The van der Waals surface area contributed by atoms with Gasteiger partial charge in [-0.25, -0.2) is 4.98 Å². The average Bonchev–Trinajstić information content (AvgIpc) is 2.55. The first kappa shape index (κ1) is 14.6. The van der Waals surface area contributed by atoms with E-state index in [-0.39, 0.29) is 17.4 Å². The molecule has 1 saturated heterocycles. The summed E-state index contributed by atoms with van der Waals surface area (Å²) in [6.07, 6.45) is 1.69. The summed E-state index contributed by atoms with van der Waals surface area (Å²) in [4.78, 5) is 33.4. The third-order valence-corrected chi connectivity index (χ3v) is 3.94. The normalized spacial score (nSPS) is 18.4. The van der Waals surface area contributed by atoms with Gasteiger partial charge in [-0.15, -0.1) is 0 Å². The number of esters is 1. The number of aromatic nitrogens is 2. The van der Waals surface area contributed by atoms with Gasteiger partial charge < -0.3 is 9.64 Å². The van der Waals surface area contributed by atoms with Gasteiger partial charge in [-0.1, -0.05) is 12.1 Å². The molecule has 0 radical (unpaired) electrons. The summed E-state index contributed by atoms with van der Waals surface area (Å²) in [5.74, 6) is 0.193. The maximum Gasteiger partial charge on any atom is 0.310 e. The van der Waals surface area contributed by atoms with E-state index in [9.17, 15) is 9.59 Å². The highest BCUT2D eigenvalue weighted by molar-refractivity contribution is 5.78. The van der Waals surface area contributed by atoms with Crippen molar-refractivity contribution in [2.75, 3.05) is 24.6 Å². The highest BCUT2D eigenvalue weighted by atomic mass is 16.5. The second-order valence-electron chi connectivity index (χ2n) is 5.44. The first-order valence-corrected chi connectivity index (χ1v) is 7.59. The number of piperidine rings is 1. The number of H-pyrrole nitrogens is 1. The number of hydrogen-bond acceptors (Lipinski definition) is 5. The fraction of sp³-hybridized carbons (Fsp3) is 0.438. The first-order chi connectivity index (χ1) is 10.7. The SMILES string of the molecule is CCOC(=O)C1CCCN(c2nc3ccccc3c(=O)[nH]2)C1. The summed E-state index contributed by atoms with van der Waals surface area (Å²) in [5, 5.41) is 0.574. The Bertz CT molecular complexity index is 741. The van der Waals surface area contributed by atoms with Gasteiger partial charge in [-0.05, 0) is 31.9 Å². The number of carbonyl (C=O) groups is 1. The number of nitrogens with one attached hydrogen (secondary N) is 1. The molecule has 6 heteroatoms. The number of carbonyl (C=O) groups excluding carboxylic acids is 1. The van der Waals surface area contributed by atoms with E-state index in [4.69, 9.17) is 4.74 Å². The zero-order chi connectivity index (χ0) is 15.5. The maximum absolute atomic E-state index is 12.1. The van der Waals surface area contributed by atoms with Gasteiger partial charge in [-0.3, -0.25) is 14.6 Å². The van der Waals surface area contributed by atoms with Crippen LogP contribution in [0.1, 0.15) is 19.8 Å². The van der Waals surface area contributed by atoms with E-state index >= 15 is 0 Å². The Morgan fingerprint density at radius 1 is 1.45 bits per heavy atom. The molecule has 6 nitrogen and oxygen atoms in total. The van der Waals surface area contributed by atoms with Crippen LogP contribution >= 0.6 is 0 Å². The smallest absolute Gasteiger partial charge is 0.310 e. The Kier molecular flexibility index (Phi) is 4.09. The summed E-state index contributed by atoms with van der Waals surface area (Å²) < 4.78 is 5.10. The second-order valence-corrected chi connectivity index (χ2v) is 5.44. The van der Waals surface area contributed by atoms with E-state index in [0.717, 1.165) is 19.4 Å². The van der Waals surface area contributed by atoms with Crippen LogP contribution in [0.4, 0.5) is 5.95 Å². The lowest BCUT2D eigenvalue weighted by Gasteiger charge is -2.31. The quantitative estimate of drug-likeness (QED) is 0.873. The van der Waals surface area contributed by atoms with Crippen molar-refractivity contribution in [3.8, 4) is 0 Å². The minimum Gasteiger partial charge on any atom is -0.466 e. The number of benzene rings is 1. The monoisotopic (exact) mass is 301 g/mol. The van der Waals surface area contributed by atoms with Crippen LogP contribution in [0.5, 0.6) is 0 Å². The topological polar surface area (TPSA) is 75.3 Å². The van der Waals surface area contributed by atoms with Crippen molar-refractivity contribution in [3.05, 3.63) is 34.6 Å². The molecular formula is C16H19N3O3. The third kappa shape index (κ3) is 2.81. The molecule has 0 spiro atoms. The predicted octanol–water partition coefficient (Wildman–Crippen LogP) is 1.70. The molecule has 1 aliphatic rings. The molecule has 2 aromatic rings. The first-order valence-electron chi connectivity index (χ1n) is 7.59. The number of nitrogens with zero attached hydrogens (tertiary/aromatic N) is 2. The molecule has 1 N–H and O–H groups in total. The number of anilines is 1. The summed E-state index contributed by atoms with van der Waals surface area (Å²) in [6.45, 7) is 3.50. The zero-order valence-corrected chi connectivity index (χ0v) is 12.5. The van der Waals surface area contributed by atoms with Gasteiger partial charge in [0, 0.05) is 13.1 Å². The Morgan fingerprint density at radius 3 is 3.09 bits per heavy atom. The highest BCUT2D eigenvalue weighted by Crippen LogP contribution is 2.21. The molecule has 1 unspecified atom stereocenters. The molecule has 1 aromatic carbocycles. The van der Waals surface area contributed by atoms with Crippen molar-refractivity contribution in [2.24, 2.45) is 5.92 Å². The predicted molar refractivity (Wildman–Crippen MR) is 83.9 cm³/mol. The molecule has 1 atom stereocenters. The number of hydrogen-bond donors (Lipinski definition) is 1. The fourth-order valence-electron chi connectivity index (χ4n) is 2.85. The second kappa shape index (κ2) is 6.17. The largest absolute Gasteiger partial charge is 0.466 e. The van der Waals surface area contributed by atoms with Gasteiger partial charge in [0.25, 0.3) is 5.56 Å². The molecule has 0 aliphatic carbocycles. The lowest BCUT2D eigenvalue weighted by atomic mass is 9.98. The summed E-state index contributed by atoms with van der Waals surface area (Å²) in [7, 11) is 0. The molecule has 2 heterocycles. The van der Waals surface area contributed by atoms with E-state index in [0.29, 0.717) is 30.0 Å². The van der Waals surface area contributed by atoms with Gasteiger partial charge in [0.05, 0.1) is 23.4 Å². The van der Waals surface area contributed by atoms with Crippen LogP contribution in [-0.2, 0) is 9.53 Å². The standard InChI is InChI=1S/C16H19N3O3/c1-2-22-15(21)11-6-5-9-19(10-11)16-17-13-8-4-3-7-12(13)14(20)18-16/h3-4,7-8,11H,2,5-6,9-10H2,1H3,(H,17,18,20). The average molecular weight is 301 g/mol. The summed E-state index contributed by atoms with van der Waals surface area (Å²) >= 11 is 0. The molecule has 3 rings (SSSR count). The van der Waals surface area contributed by atoms with Crippen LogP contribution < -0.4 is 10.5 Å². The van der Waals surface area contributed by atoms with Crippen molar-refractivity contribution in [1.29, 1.82) is 0 Å². The number of aromatic amines is 1. The molecular weight excluding hydrogens is 282 g/mol. The Balaban J connectivity index is 1.87. The van der Waals surface area contributed by atoms with Gasteiger partial charge in [-0.2, -0.15) is 0 Å². The minimum atomic E-state index is -0.171. The van der Waals surface area contributed by atoms with E-state index in [2.05, 4.69) is 9.97 Å². The van der Waals surface area contributed by atoms with Gasteiger partial charge in [0.1, 0.15) is 0 Å². The van der Waals surface area contributed by atoms with E-state index in [1.54, 1.807) is 13.0 Å². The summed E-state index contributed by atoms with van der Waals surface area (Å²) in [6, 6.07) is 7.25. The highest BCUT2D eigenvalue weighted by Gasteiger charge is 2.28. The number of fused-ring (bicyclic) bond motifs is 1. The maximum atomic E-state index is 12.1. The van der Waals surface area contributed by atoms with Gasteiger partial charge >= 0.3 is 5.97 Å². The molecule has 1 aromatic heterocycles. The van der Waals surface area contributed by atoms with Crippen LogP contribution in [-0.4, -0.2) is 35.6 Å². The van der Waals surface area contributed by atoms with Crippen molar-refractivity contribution in [2.45, 2.75) is 19.8 Å². The number of para-hydroxylation sites is 1. The molecule has 1 fully saturated rings. The van der Waals surface area contributed by atoms with Crippen molar-refractivity contribution in [1.82, 2.24) is 9.97 Å². The van der Waals surface area contributed by atoms with Crippen LogP contribution in [0.2, 0.25) is 0 Å². The van der Waals surface area contributed by atoms with Crippen molar-refractivity contribution < 1.29 is 9.53 Å². The Hall–Kier alpha value is -2.37. The number of ether oxygens (including phenoxy) is 1. The third-order valence-electron chi connectivity index (χ3n) is 3.94.